The van der Waals surface area contributed by atoms with Gasteiger partial charge in [-0.05, 0) is 25.1 Å². The molecule has 8 heteroatoms. The fourth-order valence-corrected chi connectivity index (χ4v) is 3.25. The highest BCUT2D eigenvalue weighted by atomic mass is 79.9. The molecule has 0 fully saturated rings. The lowest BCUT2D eigenvalue weighted by Gasteiger charge is -2.14. The van der Waals surface area contributed by atoms with Gasteiger partial charge in [-0.1, -0.05) is 57.9 Å². The van der Waals surface area contributed by atoms with Gasteiger partial charge in [0.1, 0.15) is 11.5 Å². The smallest absolute Gasteiger partial charge is 0.260 e. The third kappa shape index (κ3) is 2.73. The molecule has 6 nitrogen and oxygen atoms in total. The number of halogens is 2. The molecule has 0 atom stereocenters. The number of rotatable bonds is 2. The van der Waals surface area contributed by atoms with Gasteiger partial charge in [0.15, 0.2) is 0 Å². The zero-order valence-corrected chi connectivity index (χ0v) is 16.1. The Morgan fingerprint density at radius 2 is 1.85 bits per heavy atom. The van der Waals surface area contributed by atoms with Gasteiger partial charge in [-0.25, -0.2) is 0 Å². The zero-order valence-electron chi connectivity index (χ0n) is 13.7. The van der Waals surface area contributed by atoms with E-state index in [0.717, 1.165) is 16.8 Å². The molecular formula is C18H13BrClN5O. The minimum absolute atomic E-state index is 0.118. The number of hydrogen-bond donors (Lipinski definition) is 0. The first-order chi connectivity index (χ1) is 12.6. The number of para-hydroxylation sites is 1. The van der Waals surface area contributed by atoms with Crippen LogP contribution in [-0.4, -0.2) is 31.7 Å². The van der Waals surface area contributed by atoms with E-state index in [1.54, 1.807) is 12.1 Å². The van der Waals surface area contributed by atoms with E-state index in [-0.39, 0.29) is 11.2 Å². The molecule has 0 unspecified atom stereocenters. The summed E-state index contributed by atoms with van der Waals surface area (Å²) in [7, 11) is 0. The SMILES string of the molecule is Cc1nnc2n1-c1ccccc1C(c1ccc(Cl)cc1)=NN2C(=O)CBr. The molecule has 0 saturated carbocycles. The normalized spacial score (nSPS) is 12.9. The standard InChI is InChI=1S/C18H13BrClN5O/c1-11-21-22-18-24(11)15-5-3-2-4-14(15)17(23-25(18)16(26)10-19)12-6-8-13(20)9-7-12/h2-9H,10H2,1H3. The monoisotopic (exact) mass is 429 g/mol. The Balaban J connectivity index is 2.03. The molecule has 2 heterocycles. The van der Waals surface area contributed by atoms with E-state index in [4.69, 9.17) is 11.6 Å². The summed E-state index contributed by atoms with van der Waals surface area (Å²) in [6.45, 7) is 1.84. The average molecular weight is 431 g/mol. The van der Waals surface area contributed by atoms with Crippen molar-refractivity contribution < 1.29 is 4.79 Å². The van der Waals surface area contributed by atoms with E-state index in [1.165, 1.54) is 5.01 Å². The fourth-order valence-electron chi connectivity index (χ4n) is 2.88. The lowest BCUT2D eigenvalue weighted by Crippen LogP contribution is -2.29. The van der Waals surface area contributed by atoms with Crippen LogP contribution in [0.5, 0.6) is 0 Å². The molecule has 0 radical (unpaired) electrons. The minimum atomic E-state index is -0.238. The second kappa shape index (κ2) is 6.66. The summed E-state index contributed by atoms with van der Waals surface area (Å²) >= 11 is 9.25. The number of carbonyl (C=O) groups is 1. The summed E-state index contributed by atoms with van der Waals surface area (Å²) in [6, 6.07) is 15.2. The van der Waals surface area contributed by atoms with Crippen molar-refractivity contribution in [1.29, 1.82) is 0 Å². The lowest BCUT2D eigenvalue weighted by molar-refractivity contribution is -0.116. The molecule has 2 aromatic carbocycles. The Morgan fingerprint density at radius 3 is 2.58 bits per heavy atom. The number of benzene rings is 2. The number of carbonyl (C=O) groups excluding carboxylic acids is 1. The first-order valence-electron chi connectivity index (χ1n) is 7.85. The molecule has 0 saturated heterocycles. The third-order valence-corrected chi connectivity index (χ3v) is 4.80. The number of fused-ring (bicyclic) bond motifs is 3. The number of hydrazone groups is 1. The van der Waals surface area contributed by atoms with Gasteiger partial charge in [0, 0.05) is 16.1 Å². The molecule has 4 rings (SSSR count). The Hall–Kier alpha value is -2.51. The van der Waals surface area contributed by atoms with Gasteiger partial charge in [-0.3, -0.25) is 9.36 Å². The second-order valence-corrected chi connectivity index (χ2v) is 6.69. The molecule has 1 aromatic heterocycles. The van der Waals surface area contributed by atoms with E-state index in [0.29, 0.717) is 22.5 Å². The van der Waals surface area contributed by atoms with Crippen LogP contribution >= 0.6 is 27.5 Å². The number of aromatic nitrogens is 3. The van der Waals surface area contributed by atoms with Crippen molar-refractivity contribution in [2.24, 2.45) is 5.10 Å². The molecule has 130 valence electrons. The van der Waals surface area contributed by atoms with Gasteiger partial charge < -0.3 is 0 Å². The first kappa shape index (κ1) is 16.9. The quantitative estimate of drug-likeness (QED) is 0.582. The Morgan fingerprint density at radius 1 is 1.12 bits per heavy atom. The maximum atomic E-state index is 12.5. The highest BCUT2D eigenvalue weighted by Crippen LogP contribution is 2.30. The van der Waals surface area contributed by atoms with Crippen LogP contribution in [-0.2, 0) is 4.79 Å². The van der Waals surface area contributed by atoms with E-state index in [9.17, 15) is 4.79 Å². The fraction of sp³-hybridized carbons (Fsp3) is 0.111. The summed E-state index contributed by atoms with van der Waals surface area (Å²) in [5.41, 5.74) is 3.26. The number of nitrogens with zero attached hydrogens (tertiary/aromatic N) is 5. The summed E-state index contributed by atoms with van der Waals surface area (Å²) in [5, 5.41) is 15.0. The summed E-state index contributed by atoms with van der Waals surface area (Å²) in [6.07, 6.45) is 0. The van der Waals surface area contributed by atoms with Crippen LogP contribution in [0.15, 0.2) is 53.6 Å². The number of amides is 1. The maximum Gasteiger partial charge on any atom is 0.260 e. The van der Waals surface area contributed by atoms with Crippen molar-refractivity contribution in [1.82, 2.24) is 14.8 Å². The topological polar surface area (TPSA) is 63.4 Å². The Bertz CT molecular complexity index is 1030. The summed E-state index contributed by atoms with van der Waals surface area (Å²) in [5.74, 6) is 0.800. The van der Waals surface area contributed by atoms with Crippen LogP contribution in [0.4, 0.5) is 5.95 Å². The van der Waals surface area contributed by atoms with Crippen LogP contribution in [0.25, 0.3) is 5.69 Å². The van der Waals surface area contributed by atoms with E-state index < -0.39 is 0 Å². The van der Waals surface area contributed by atoms with Gasteiger partial charge in [0.2, 0.25) is 0 Å². The molecule has 1 aliphatic heterocycles. The van der Waals surface area contributed by atoms with Crippen molar-refractivity contribution in [2.75, 3.05) is 10.3 Å². The van der Waals surface area contributed by atoms with Crippen molar-refractivity contribution in [3.8, 4) is 5.69 Å². The Kier molecular flexibility index (Phi) is 4.34. The van der Waals surface area contributed by atoms with Crippen LogP contribution < -0.4 is 5.01 Å². The first-order valence-corrected chi connectivity index (χ1v) is 9.35. The van der Waals surface area contributed by atoms with Gasteiger partial charge in [-0.2, -0.15) is 10.1 Å². The molecule has 1 aliphatic rings. The van der Waals surface area contributed by atoms with Crippen LogP contribution in [0.1, 0.15) is 17.0 Å². The molecular weight excluding hydrogens is 418 g/mol. The zero-order chi connectivity index (χ0) is 18.3. The highest BCUT2D eigenvalue weighted by molar-refractivity contribution is 9.09. The average Bonchev–Trinajstić information content (AvgIpc) is 2.97. The van der Waals surface area contributed by atoms with Crippen molar-refractivity contribution in [3.63, 3.8) is 0 Å². The van der Waals surface area contributed by atoms with Crippen LogP contribution in [0, 0.1) is 6.92 Å². The second-order valence-electron chi connectivity index (χ2n) is 5.69. The van der Waals surface area contributed by atoms with Gasteiger partial charge >= 0.3 is 0 Å². The number of anilines is 1. The molecule has 0 N–H and O–H groups in total. The van der Waals surface area contributed by atoms with Crippen molar-refractivity contribution in [3.05, 3.63) is 70.5 Å². The van der Waals surface area contributed by atoms with Gasteiger partial charge in [-0.15, -0.1) is 10.2 Å². The van der Waals surface area contributed by atoms with Crippen LogP contribution in [0.3, 0.4) is 0 Å². The van der Waals surface area contributed by atoms with Gasteiger partial charge in [0.25, 0.3) is 11.9 Å². The number of alkyl halides is 1. The van der Waals surface area contributed by atoms with E-state index >= 15 is 0 Å². The van der Waals surface area contributed by atoms with Crippen molar-refractivity contribution >= 4 is 45.1 Å². The maximum absolute atomic E-state index is 12.5. The number of aryl methyl sites for hydroxylation is 1. The molecule has 1 amide bonds. The largest absolute Gasteiger partial charge is 0.271 e. The van der Waals surface area contributed by atoms with Crippen LogP contribution in [0.2, 0.25) is 5.02 Å². The molecule has 0 bridgehead atoms. The van der Waals surface area contributed by atoms with E-state index in [2.05, 4.69) is 31.2 Å². The summed E-state index contributed by atoms with van der Waals surface area (Å²) < 4.78 is 1.84. The molecule has 3 aromatic rings. The predicted molar refractivity (Wildman–Crippen MR) is 104 cm³/mol. The lowest BCUT2D eigenvalue weighted by atomic mass is 10.0. The number of hydrogen-bond acceptors (Lipinski definition) is 4. The third-order valence-electron chi connectivity index (χ3n) is 4.07. The molecule has 26 heavy (non-hydrogen) atoms. The molecule has 0 aliphatic carbocycles. The highest BCUT2D eigenvalue weighted by Gasteiger charge is 2.29. The Labute approximate surface area is 163 Å². The van der Waals surface area contributed by atoms with Gasteiger partial charge in [0.05, 0.1) is 11.0 Å². The minimum Gasteiger partial charge on any atom is -0.271 e. The summed E-state index contributed by atoms with van der Waals surface area (Å²) in [4.78, 5) is 12.5. The predicted octanol–water partition coefficient (Wildman–Crippen LogP) is 3.72. The molecule has 0 spiro atoms. The van der Waals surface area contributed by atoms with E-state index in [1.807, 2.05) is 47.9 Å². The van der Waals surface area contributed by atoms with Crippen molar-refractivity contribution in [2.45, 2.75) is 6.92 Å².